The topological polar surface area (TPSA) is 59.3 Å². The number of halogens is 1. The zero-order valence-corrected chi connectivity index (χ0v) is 8.70. The van der Waals surface area contributed by atoms with Gasteiger partial charge >= 0.3 is 5.97 Å². The van der Waals surface area contributed by atoms with Crippen molar-refractivity contribution >= 4 is 5.97 Å². The molecule has 16 heavy (non-hydrogen) atoms. The number of ether oxygens (including phenoxy) is 2. The second kappa shape index (κ2) is 5.71. The van der Waals surface area contributed by atoms with E-state index in [2.05, 4.69) is 4.74 Å². The zero-order valence-electron chi connectivity index (χ0n) is 8.70. The molecule has 1 aromatic rings. The fourth-order valence-electron chi connectivity index (χ4n) is 1.08. The highest BCUT2D eigenvalue weighted by molar-refractivity contribution is 5.69. The first-order chi connectivity index (χ1) is 7.69. The Hall–Kier alpha value is -2.09. The Labute approximate surface area is 92.2 Å². The van der Waals surface area contributed by atoms with Crippen molar-refractivity contribution in [1.82, 2.24) is 0 Å². The first-order valence-corrected chi connectivity index (χ1v) is 4.57. The largest absolute Gasteiger partial charge is 0.491 e. The van der Waals surface area contributed by atoms with E-state index in [0.717, 1.165) is 0 Å². The maximum Gasteiger partial charge on any atom is 0.308 e. The summed E-state index contributed by atoms with van der Waals surface area (Å²) < 4.78 is 22.6. The van der Waals surface area contributed by atoms with Crippen LogP contribution >= 0.6 is 0 Å². The summed E-state index contributed by atoms with van der Waals surface area (Å²) in [5.74, 6) is -0.931. The van der Waals surface area contributed by atoms with Gasteiger partial charge in [-0.05, 0) is 12.1 Å². The zero-order chi connectivity index (χ0) is 12.0. The van der Waals surface area contributed by atoms with Gasteiger partial charge in [0.1, 0.15) is 23.2 Å². The van der Waals surface area contributed by atoms with Crippen LogP contribution < -0.4 is 4.74 Å². The van der Waals surface area contributed by atoms with Gasteiger partial charge in [0.2, 0.25) is 0 Å². The molecule has 0 fully saturated rings. The fraction of sp³-hybridized carbons (Fsp3) is 0.273. The number of nitrogens with zero attached hydrogens (tertiary/aromatic N) is 1. The SMILES string of the molecule is COC(=O)CCOc1cccc(F)c1C#N. The minimum atomic E-state index is -0.641. The molecule has 4 nitrogen and oxygen atoms in total. The molecule has 0 N–H and O–H groups in total. The predicted molar refractivity (Wildman–Crippen MR) is 53.2 cm³/mol. The Balaban J connectivity index is 2.64. The second-order valence-corrected chi connectivity index (χ2v) is 2.90. The molecule has 0 bridgehead atoms. The summed E-state index contributed by atoms with van der Waals surface area (Å²) >= 11 is 0. The molecule has 0 aliphatic heterocycles. The van der Waals surface area contributed by atoms with E-state index in [-0.39, 0.29) is 24.3 Å². The molecule has 0 saturated heterocycles. The van der Waals surface area contributed by atoms with Gasteiger partial charge in [-0.15, -0.1) is 0 Å². The molecular formula is C11H10FNO3. The summed E-state index contributed by atoms with van der Waals surface area (Å²) in [6.45, 7) is 0.0464. The van der Waals surface area contributed by atoms with Gasteiger partial charge < -0.3 is 9.47 Å². The lowest BCUT2D eigenvalue weighted by Gasteiger charge is -2.07. The normalized spacial score (nSPS) is 9.31. The van der Waals surface area contributed by atoms with Crippen LogP contribution in [-0.4, -0.2) is 19.7 Å². The van der Waals surface area contributed by atoms with Crippen molar-refractivity contribution in [3.05, 3.63) is 29.6 Å². The highest BCUT2D eigenvalue weighted by atomic mass is 19.1. The maximum absolute atomic E-state index is 13.1. The van der Waals surface area contributed by atoms with Gasteiger partial charge in [0.05, 0.1) is 20.1 Å². The molecule has 0 radical (unpaired) electrons. The molecule has 0 heterocycles. The molecule has 1 rings (SSSR count). The van der Waals surface area contributed by atoms with Crippen LogP contribution in [0.2, 0.25) is 0 Å². The van der Waals surface area contributed by atoms with Crippen molar-refractivity contribution in [1.29, 1.82) is 5.26 Å². The van der Waals surface area contributed by atoms with Gasteiger partial charge in [0.15, 0.2) is 0 Å². The molecule has 0 spiro atoms. The third-order valence-electron chi connectivity index (χ3n) is 1.88. The summed E-state index contributed by atoms with van der Waals surface area (Å²) in [6.07, 6.45) is 0.0535. The molecule has 0 aliphatic carbocycles. The summed E-state index contributed by atoms with van der Waals surface area (Å²) in [6, 6.07) is 5.78. The number of benzene rings is 1. The van der Waals surface area contributed by atoms with Crippen LogP contribution in [0.5, 0.6) is 5.75 Å². The van der Waals surface area contributed by atoms with E-state index in [9.17, 15) is 9.18 Å². The van der Waals surface area contributed by atoms with Gasteiger partial charge in [0.25, 0.3) is 0 Å². The number of carbonyl (C=O) groups is 1. The number of esters is 1. The van der Waals surface area contributed by atoms with Crippen LogP contribution in [0.25, 0.3) is 0 Å². The van der Waals surface area contributed by atoms with E-state index in [1.807, 2.05) is 0 Å². The van der Waals surface area contributed by atoms with Gasteiger partial charge in [-0.1, -0.05) is 6.07 Å². The van der Waals surface area contributed by atoms with E-state index in [4.69, 9.17) is 10.00 Å². The van der Waals surface area contributed by atoms with Crippen LogP contribution in [0.1, 0.15) is 12.0 Å². The Morgan fingerprint density at radius 3 is 2.94 bits per heavy atom. The lowest BCUT2D eigenvalue weighted by molar-refractivity contribution is -0.141. The molecule has 0 amide bonds. The van der Waals surface area contributed by atoms with Crippen LogP contribution in [-0.2, 0) is 9.53 Å². The van der Waals surface area contributed by atoms with Crippen molar-refractivity contribution in [3.8, 4) is 11.8 Å². The highest BCUT2D eigenvalue weighted by Gasteiger charge is 2.09. The molecule has 0 aromatic heterocycles. The van der Waals surface area contributed by atoms with Crippen molar-refractivity contribution in [2.24, 2.45) is 0 Å². The lowest BCUT2D eigenvalue weighted by Crippen LogP contribution is -2.08. The van der Waals surface area contributed by atoms with Crippen LogP contribution in [0.15, 0.2) is 18.2 Å². The van der Waals surface area contributed by atoms with Crippen LogP contribution in [0.4, 0.5) is 4.39 Å². The Bertz CT molecular complexity index is 426. The Morgan fingerprint density at radius 1 is 1.56 bits per heavy atom. The number of hydrogen-bond donors (Lipinski definition) is 0. The number of hydrogen-bond acceptors (Lipinski definition) is 4. The molecule has 0 saturated carbocycles. The molecule has 84 valence electrons. The van der Waals surface area contributed by atoms with Gasteiger partial charge in [-0.3, -0.25) is 4.79 Å². The summed E-state index contributed by atoms with van der Waals surface area (Å²) in [7, 11) is 1.27. The molecule has 0 unspecified atom stereocenters. The Morgan fingerprint density at radius 2 is 2.31 bits per heavy atom. The standard InChI is InChI=1S/C11H10FNO3/c1-15-11(14)5-6-16-10-4-2-3-9(12)8(10)7-13/h2-4H,5-6H2,1H3. The summed E-state index contributed by atoms with van der Waals surface area (Å²) in [4.78, 5) is 10.8. The molecule has 5 heteroatoms. The molecular weight excluding hydrogens is 213 g/mol. The van der Waals surface area contributed by atoms with Crippen LogP contribution in [0, 0.1) is 17.1 Å². The van der Waals surface area contributed by atoms with Gasteiger partial charge in [0, 0.05) is 0 Å². The third-order valence-corrected chi connectivity index (χ3v) is 1.88. The van der Waals surface area contributed by atoms with Crippen molar-refractivity contribution in [3.63, 3.8) is 0 Å². The second-order valence-electron chi connectivity index (χ2n) is 2.90. The third kappa shape index (κ3) is 2.95. The number of rotatable bonds is 4. The first-order valence-electron chi connectivity index (χ1n) is 4.57. The van der Waals surface area contributed by atoms with Crippen molar-refractivity contribution in [2.45, 2.75) is 6.42 Å². The number of methoxy groups -OCH3 is 1. The maximum atomic E-state index is 13.1. The smallest absolute Gasteiger partial charge is 0.308 e. The first kappa shape index (κ1) is 12.0. The quantitative estimate of drug-likeness (QED) is 0.728. The average molecular weight is 223 g/mol. The molecule has 1 aromatic carbocycles. The van der Waals surface area contributed by atoms with E-state index < -0.39 is 11.8 Å². The minimum Gasteiger partial charge on any atom is -0.491 e. The van der Waals surface area contributed by atoms with Crippen LogP contribution in [0.3, 0.4) is 0 Å². The molecule has 0 aliphatic rings. The minimum absolute atomic E-state index is 0.0464. The van der Waals surface area contributed by atoms with E-state index in [1.165, 1.54) is 25.3 Å². The summed E-state index contributed by atoms with van der Waals surface area (Å²) in [5, 5.41) is 8.69. The van der Waals surface area contributed by atoms with E-state index in [0.29, 0.717) is 0 Å². The predicted octanol–water partition coefficient (Wildman–Crippen LogP) is 1.64. The lowest BCUT2D eigenvalue weighted by atomic mass is 10.2. The monoisotopic (exact) mass is 223 g/mol. The van der Waals surface area contributed by atoms with Crippen molar-refractivity contribution in [2.75, 3.05) is 13.7 Å². The molecule has 0 atom stereocenters. The number of carbonyl (C=O) groups excluding carboxylic acids is 1. The average Bonchev–Trinajstić information content (AvgIpc) is 2.29. The fourth-order valence-corrected chi connectivity index (χ4v) is 1.08. The highest BCUT2D eigenvalue weighted by Crippen LogP contribution is 2.20. The van der Waals surface area contributed by atoms with Gasteiger partial charge in [-0.2, -0.15) is 5.26 Å². The van der Waals surface area contributed by atoms with E-state index in [1.54, 1.807) is 6.07 Å². The van der Waals surface area contributed by atoms with Gasteiger partial charge in [-0.25, -0.2) is 4.39 Å². The summed E-state index contributed by atoms with van der Waals surface area (Å²) in [5.41, 5.74) is -0.160. The van der Waals surface area contributed by atoms with Crippen molar-refractivity contribution < 1.29 is 18.7 Å². The number of nitriles is 1. The Kier molecular flexibility index (Phi) is 4.28. The van der Waals surface area contributed by atoms with E-state index >= 15 is 0 Å².